The summed E-state index contributed by atoms with van der Waals surface area (Å²) in [5.74, 6) is -1.29. The molecule has 6 heteroatoms. The van der Waals surface area contributed by atoms with Gasteiger partial charge in [0.05, 0.1) is 0 Å². The zero-order valence-electron chi connectivity index (χ0n) is 9.01. The smallest absolute Gasteiger partial charge is 0.320 e. The van der Waals surface area contributed by atoms with Crippen LogP contribution in [-0.2, 0) is 14.8 Å². The summed E-state index contributed by atoms with van der Waals surface area (Å²) in [5.41, 5.74) is 0. The van der Waals surface area contributed by atoms with E-state index in [2.05, 4.69) is 6.92 Å². The molecule has 0 aromatic rings. The molecular formula is C9H17NO4S. The minimum atomic E-state index is -3.61. The lowest BCUT2D eigenvalue weighted by Gasteiger charge is -2.33. The lowest BCUT2D eigenvalue weighted by atomic mass is 9.90. The van der Waals surface area contributed by atoms with Crippen molar-refractivity contribution in [3.63, 3.8) is 0 Å². The Morgan fingerprint density at radius 2 is 2.00 bits per heavy atom. The third-order valence-corrected chi connectivity index (χ3v) is 4.73. The van der Waals surface area contributed by atoms with E-state index < -0.39 is 21.7 Å². The van der Waals surface area contributed by atoms with Gasteiger partial charge in [-0.3, -0.25) is 4.79 Å². The molecule has 0 amide bonds. The minimum Gasteiger partial charge on any atom is -0.480 e. The summed E-state index contributed by atoms with van der Waals surface area (Å²) in [6, 6.07) is 0. The van der Waals surface area contributed by atoms with Crippen LogP contribution in [0.1, 0.15) is 20.3 Å². The standard InChI is InChI=1S/C9H17NO4S/c1-7-3-4-10(5-8(7)2)15(13,14)6-9(11)12/h7-8H,3-6H2,1-2H3,(H,11,12). The van der Waals surface area contributed by atoms with Crippen molar-refractivity contribution in [3.8, 4) is 0 Å². The van der Waals surface area contributed by atoms with Crippen molar-refractivity contribution in [2.75, 3.05) is 18.8 Å². The number of sulfonamides is 1. The Bertz CT molecular complexity index is 338. The highest BCUT2D eigenvalue weighted by atomic mass is 32.2. The fourth-order valence-corrected chi connectivity index (χ4v) is 3.07. The van der Waals surface area contributed by atoms with Gasteiger partial charge in [-0.1, -0.05) is 13.8 Å². The molecule has 15 heavy (non-hydrogen) atoms. The number of hydrogen-bond acceptors (Lipinski definition) is 3. The van der Waals surface area contributed by atoms with Gasteiger partial charge >= 0.3 is 5.97 Å². The first-order valence-corrected chi connectivity index (χ1v) is 6.63. The van der Waals surface area contributed by atoms with E-state index in [1.54, 1.807) is 0 Å². The number of aliphatic carboxylic acids is 1. The molecule has 0 aromatic carbocycles. The number of carboxylic acids is 1. The van der Waals surface area contributed by atoms with Crippen LogP contribution in [0.15, 0.2) is 0 Å². The summed E-state index contributed by atoms with van der Waals surface area (Å²) in [5, 5.41) is 8.49. The monoisotopic (exact) mass is 235 g/mol. The number of rotatable bonds is 3. The molecule has 0 radical (unpaired) electrons. The SMILES string of the molecule is CC1CCN(S(=O)(=O)CC(=O)O)CC1C. The lowest BCUT2D eigenvalue weighted by molar-refractivity contribution is -0.134. The highest BCUT2D eigenvalue weighted by Crippen LogP contribution is 2.24. The second-order valence-corrected chi connectivity index (χ2v) is 6.22. The van der Waals surface area contributed by atoms with Gasteiger partial charge < -0.3 is 5.11 Å². The minimum absolute atomic E-state index is 0.294. The van der Waals surface area contributed by atoms with Crippen LogP contribution >= 0.6 is 0 Å². The molecule has 1 aliphatic heterocycles. The van der Waals surface area contributed by atoms with Gasteiger partial charge in [-0.15, -0.1) is 0 Å². The Hall–Kier alpha value is -0.620. The predicted octanol–water partition coefficient (Wildman–Crippen LogP) is 0.379. The maximum atomic E-state index is 11.6. The molecule has 0 aliphatic carbocycles. The molecule has 5 nitrogen and oxygen atoms in total. The predicted molar refractivity (Wildman–Crippen MR) is 55.9 cm³/mol. The van der Waals surface area contributed by atoms with Crippen LogP contribution in [-0.4, -0.2) is 42.6 Å². The van der Waals surface area contributed by atoms with Crippen molar-refractivity contribution in [2.24, 2.45) is 11.8 Å². The molecule has 2 unspecified atom stereocenters. The van der Waals surface area contributed by atoms with E-state index in [0.717, 1.165) is 6.42 Å². The molecule has 0 saturated carbocycles. The highest BCUT2D eigenvalue weighted by Gasteiger charge is 2.31. The van der Waals surface area contributed by atoms with Crippen LogP contribution < -0.4 is 0 Å². The highest BCUT2D eigenvalue weighted by molar-refractivity contribution is 7.89. The Balaban J connectivity index is 2.69. The first-order valence-electron chi connectivity index (χ1n) is 5.02. The molecule has 2 atom stereocenters. The van der Waals surface area contributed by atoms with Crippen molar-refractivity contribution in [1.29, 1.82) is 0 Å². The normalized spacial score (nSPS) is 28.9. The molecule has 1 N–H and O–H groups in total. The fourth-order valence-electron chi connectivity index (χ4n) is 1.72. The van der Waals surface area contributed by atoms with Crippen LogP contribution in [0.25, 0.3) is 0 Å². The third kappa shape index (κ3) is 3.17. The third-order valence-electron chi connectivity index (χ3n) is 3.00. The van der Waals surface area contributed by atoms with Crippen LogP contribution in [0.2, 0.25) is 0 Å². The molecule has 0 spiro atoms. The van der Waals surface area contributed by atoms with E-state index in [9.17, 15) is 13.2 Å². The van der Waals surface area contributed by atoms with Gasteiger partial charge in [-0.05, 0) is 18.3 Å². The topological polar surface area (TPSA) is 74.7 Å². The average Bonchev–Trinajstić information content (AvgIpc) is 2.07. The van der Waals surface area contributed by atoms with Crippen molar-refractivity contribution in [3.05, 3.63) is 0 Å². The van der Waals surface area contributed by atoms with Crippen LogP contribution in [0.3, 0.4) is 0 Å². The van der Waals surface area contributed by atoms with E-state index in [4.69, 9.17) is 5.11 Å². The van der Waals surface area contributed by atoms with Gasteiger partial charge in [-0.25, -0.2) is 12.7 Å². The number of piperidine rings is 1. The van der Waals surface area contributed by atoms with E-state index in [1.165, 1.54) is 4.31 Å². The Labute approximate surface area is 90.1 Å². The molecule has 1 saturated heterocycles. The Morgan fingerprint density at radius 3 is 2.47 bits per heavy atom. The van der Waals surface area contributed by atoms with Gasteiger partial charge in [0, 0.05) is 13.1 Å². The van der Waals surface area contributed by atoms with E-state index in [0.29, 0.717) is 24.9 Å². The molecule has 88 valence electrons. The van der Waals surface area contributed by atoms with Gasteiger partial charge in [0.25, 0.3) is 0 Å². The van der Waals surface area contributed by atoms with Gasteiger partial charge in [0.15, 0.2) is 5.75 Å². The Kier molecular flexibility index (Phi) is 3.72. The Morgan fingerprint density at radius 1 is 1.40 bits per heavy atom. The molecule has 1 aliphatic rings. The quantitative estimate of drug-likeness (QED) is 0.767. The van der Waals surface area contributed by atoms with Crippen molar-refractivity contribution in [2.45, 2.75) is 20.3 Å². The zero-order chi connectivity index (χ0) is 11.6. The summed E-state index contributed by atoms with van der Waals surface area (Å²) in [6.45, 7) is 4.97. The molecule has 1 rings (SSSR count). The number of carbonyl (C=O) groups is 1. The van der Waals surface area contributed by atoms with E-state index >= 15 is 0 Å². The van der Waals surface area contributed by atoms with Crippen molar-refractivity contribution < 1.29 is 18.3 Å². The van der Waals surface area contributed by atoms with Crippen LogP contribution in [0.4, 0.5) is 0 Å². The molecule has 0 bridgehead atoms. The summed E-state index contributed by atoms with van der Waals surface area (Å²) >= 11 is 0. The van der Waals surface area contributed by atoms with Crippen molar-refractivity contribution >= 4 is 16.0 Å². The zero-order valence-corrected chi connectivity index (χ0v) is 9.83. The largest absolute Gasteiger partial charge is 0.480 e. The second-order valence-electron chi connectivity index (χ2n) is 4.25. The summed E-state index contributed by atoms with van der Waals surface area (Å²) in [6.07, 6.45) is 0.806. The van der Waals surface area contributed by atoms with E-state index in [1.807, 2.05) is 6.92 Å². The summed E-state index contributed by atoms with van der Waals surface area (Å²) in [7, 11) is -3.61. The summed E-state index contributed by atoms with van der Waals surface area (Å²) < 4.78 is 24.5. The van der Waals surface area contributed by atoms with Crippen LogP contribution in [0, 0.1) is 11.8 Å². The van der Waals surface area contributed by atoms with Crippen molar-refractivity contribution in [1.82, 2.24) is 4.31 Å². The number of carboxylic acid groups (broad SMARTS) is 1. The number of hydrogen-bond donors (Lipinski definition) is 1. The molecular weight excluding hydrogens is 218 g/mol. The first-order chi connectivity index (χ1) is 6.83. The molecule has 0 aromatic heterocycles. The fraction of sp³-hybridized carbons (Fsp3) is 0.889. The van der Waals surface area contributed by atoms with Gasteiger partial charge in [0.2, 0.25) is 10.0 Å². The lowest BCUT2D eigenvalue weighted by Crippen LogP contribution is -2.44. The second kappa shape index (κ2) is 4.49. The average molecular weight is 235 g/mol. The number of nitrogens with zero attached hydrogens (tertiary/aromatic N) is 1. The maximum Gasteiger partial charge on any atom is 0.320 e. The molecule has 1 fully saturated rings. The van der Waals surface area contributed by atoms with Gasteiger partial charge in [0.1, 0.15) is 0 Å². The van der Waals surface area contributed by atoms with E-state index in [-0.39, 0.29) is 0 Å². The maximum absolute atomic E-state index is 11.6. The molecule has 1 heterocycles. The summed E-state index contributed by atoms with van der Waals surface area (Å²) in [4.78, 5) is 10.4. The van der Waals surface area contributed by atoms with Gasteiger partial charge in [-0.2, -0.15) is 0 Å². The van der Waals surface area contributed by atoms with Crippen LogP contribution in [0.5, 0.6) is 0 Å². The first kappa shape index (κ1) is 12.4.